The monoisotopic (exact) mass is 241 g/mol. The Kier molecular flexibility index (Phi) is 4.18. The Labute approximate surface area is 98.2 Å². The number of anilines is 2. The summed E-state index contributed by atoms with van der Waals surface area (Å²) in [6.07, 6.45) is -0.560. The van der Waals surface area contributed by atoms with E-state index in [1.807, 2.05) is 0 Å². The van der Waals surface area contributed by atoms with Crippen molar-refractivity contribution in [1.29, 1.82) is 0 Å². The first-order valence-corrected chi connectivity index (χ1v) is 4.96. The third-order valence-corrected chi connectivity index (χ3v) is 2.08. The molecule has 0 aliphatic carbocycles. The second kappa shape index (κ2) is 5.41. The highest BCUT2D eigenvalue weighted by molar-refractivity contribution is 5.55. The van der Waals surface area contributed by atoms with Crippen molar-refractivity contribution < 1.29 is 10.0 Å². The Morgan fingerprint density at radius 3 is 2.82 bits per heavy atom. The summed E-state index contributed by atoms with van der Waals surface area (Å²) in [4.78, 5) is 15.9. The van der Waals surface area contributed by atoms with Crippen LogP contribution in [0.4, 0.5) is 17.3 Å². The van der Waals surface area contributed by atoms with Gasteiger partial charge in [-0.15, -0.1) is 0 Å². The molecular formula is C9H15N5O3. The van der Waals surface area contributed by atoms with Crippen molar-refractivity contribution in [2.45, 2.75) is 13.0 Å². The number of aromatic nitrogens is 1. The third-order valence-electron chi connectivity index (χ3n) is 2.08. The molecule has 0 fully saturated rings. The number of nitrogens with zero attached hydrogens (tertiary/aromatic N) is 3. The van der Waals surface area contributed by atoms with Crippen molar-refractivity contribution in [2.24, 2.45) is 5.84 Å². The average Bonchev–Trinajstić information content (AvgIpc) is 2.27. The summed E-state index contributed by atoms with van der Waals surface area (Å²) in [6.45, 7) is 1.94. The summed E-state index contributed by atoms with van der Waals surface area (Å²) in [5.74, 6) is 5.76. The topological polar surface area (TPSA) is 118 Å². The Hall–Kier alpha value is -1.93. The summed E-state index contributed by atoms with van der Waals surface area (Å²) in [6, 6.07) is 2.56. The van der Waals surface area contributed by atoms with Gasteiger partial charge in [0.2, 0.25) is 0 Å². The van der Waals surface area contributed by atoms with Gasteiger partial charge in [-0.05, 0) is 6.92 Å². The van der Waals surface area contributed by atoms with Crippen LogP contribution in [-0.4, -0.2) is 34.7 Å². The molecule has 0 aromatic carbocycles. The Balaban J connectivity index is 3.06. The maximum absolute atomic E-state index is 10.7. The van der Waals surface area contributed by atoms with Crippen LogP contribution in [0.5, 0.6) is 0 Å². The number of hydrogen-bond acceptors (Lipinski definition) is 7. The quantitative estimate of drug-likeness (QED) is 0.380. The van der Waals surface area contributed by atoms with Gasteiger partial charge in [0.1, 0.15) is 11.6 Å². The van der Waals surface area contributed by atoms with Gasteiger partial charge in [-0.1, -0.05) is 0 Å². The summed E-state index contributed by atoms with van der Waals surface area (Å²) < 4.78 is 0. The summed E-state index contributed by atoms with van der Waals surface area (Å²) in [5.41, 5.74) is 2.16. The molecule has 1 unspecified atom stereocenters. The van der Waals surface area contributed by atoms with Crippen LogP contribution in [-0.2, 0) is 0 Å². The van der Waals surface area contributed by atoms with E-state index in [0.717, 1.165) is 0 Å². The molecule has 1 aromatic rings. The molecule has 17 heavy (non-hydrogen) atoms. The lowest BCUT2D eigenvalue weighted by molar-refractivity contribution is -0.384. The molecular weight excluding hydrogens is 226 g/mol. The second-order valence-electron chi connectivity index (χ2n) is 3.70. The molecule has 94 valence electrons. The molecule has 0 saturated carbocycles. The van der Waals surface area contributed by atoms with E-state index >= 15 is 0 Å². The largest absolute Gasteiger partial charge is 0.392 e. The minimum atomic E-state index is -0.560. The van der Waals surface area contributed by atoms with Gasteiger partial charge in [0, 0.05) is 13.6 Å². The maximum atomic E-state index is 10.7. The molecule has 1 heterocycles. The number of nitrogens with two attached hydrogens (primary N) is 1. The fourth-order valence-electron chi connectivity index (χ4n) is 1.37. The molecule has 4 N–H and O–H groups in total. The number of nitro groups is 1. The highest BCUT2D eigenvalue weighted by Gasteiger charge is 2.14. The molecule has 0 amide bonds. The zero-order valence-electron chi connectivity index (χ0n) is 9.62. The molecule has 0 aliphatic rings. The van der Waals surface area contributed by atoms with Crippen LogP contribution >= 0.6 is 0 Å². The van der Waals surface area contributed by atoms with Crippen LogP contribution in [0.2, 0.25) is 0 Å². The number of aliphatic hydroxyl groups is 1. The van der Waals surface area contributed by atoms with Crippen molar-refractivity contribution in [2.75, 3.05) is 23.9 Å². The predicted molar refractivity (Wildman–Crippen MR) is 63.7 cm³/mol. The van der Waals surface area contributed by atoms with Gasteiger partial charge in [-0.25, -0.2) is 10.8 Å². The van der Waals surface area contributed by atoms with Gasteiger partial charge in [0.25, 0.3) is 5.69 Å². The lowest BCUT2D eigenvalue weighted by atomic mass is 10.3. The van der Waals surface area contributed by atoms with Gasteiger partial charge < -0.3 is 15.4 Å². The molecule has 0 spiro atoms. The van der Waals surface area contributed by atoms with E-state index in [1.165, 1.54) is 12.1 Å². The normalized spacial score (nSPS) is 12.0. The van der Waals surface area contributed by atoms with Crippen molar-refractivity contribution in [3.63, 3.8) is 0 Å². The van der Waals surface area contributed by atoms with E-state index in [2.05, 4.69) is 10.4 Å². The molecule has 0 saturated heterocycles. The standard InChI is InChI=1S/C9H15N5O3/c1-6(15)5-13(2)9-4-7(14(16)17)3-8(11-9)12-10/h3-4,6,15H,5,10H2,1-2H3,(H,11,12). The lowest BCUT2D eigenvalue weighted by Crippen LogP contribution is -2.28. The van der Waals surface area contributed by atoms with Crippen LogP contribution in [0.15, 0.2) is 12.1 Å². The highest BCUT2D eigenvalue weighted by Crippen LogP contribution is 2.22. The van der Waals surface area contributed by atoms with E-state index in [9.17, 15) is 15.2 Å². The Bertz CT molecular complexity index is 410. The highest BCUT2D eigenvalue weighted by atomic mass is 16.6. The lowest BCUT2D eigenvalue weighted by Gasteiger charge is -2.20. The van der Waals surface area contributed by atoms with Crippen LogP contribution in [0.3, 0.4) is 0 Å². The number of pyridine rings is 1. The summed E-state index contributed by atoms with van der Waals surface area (Å²) in [7, 11) is 1.68. The second-order valence-corrected chi connectivity index (χ2v) is 3.70. The van der Waals surface area contributed by atoms with E-state index in [-0.39, 0.29) is 11.5 Å². The van der Waals surface area contributed by atoms with Crippen molar-refractivity contribution in [3.8, 4) is 0 Å². The molecule has 1 atom stereocenters. The fourth-order valence-corrected chi connectivity index (χ4v) is 1.37. The van der Waals surface area contributed by atoms with Crippen molar-refractivity contribution in [1.82, 2.24) is 4.98 Å². The van der Waals surface area contributed by atoms with Crippen LogP contribution in [0.1, 0.15) is 6.92 Å². The van der Waals surface area contributed by atoms with Crippen LogP contribution in [0, 0.1) is 10.1 Å². The SMILES string of the molecule is CC(O)CN(C)c1cc([N+](=O)[O-])cc(NN)n1. The number of aliphatic hydroxyl groups excluding tert-OH is 1. The molecule has 0 bridgehead atoms. The Morgan fingerprint density at radius 2 is 2.35 bits per heavy atom. The molecule has 8 nitrogen and oxygen atoms in total. The zero-order valence-corrected chi connectivity index (χ0v) is 9.62. The van der Waals surface area contributed by atoms with E-state index in [1.54, 1.807) is 18.9 Å². The molecule has 8 heteroatoms. The molecule has 0 aliphatic heterocycles. The Morgan fingerprint density at radius 1 is 1.71 bits per heavy atom. The third kappa shape index (κ3) is 3.54. The smallest absolute Gasteiger partial charge is 0.276 e. The van der Waals surface area contributed by atoms with Crippen LogP contribution < -0.4 is 16.2 Å². The van der Waals surface area contributed by atoms with Crippen molar-refractivity contribution in [3.05, 3.63) is 22.2 Å². The first kappa shape index (κ1) is 13.1. The van der Waals surface area contributed by atoms with Crippen molar-refractivity contribution >= 4 is 17.3 Å². The first-order valence-electron chi connectivity index (χ1n) is 4.96. The molecule has 1 aromatic heterocycles. The number of nitrogens with one attached hydrogen (secondary N) is 1. The average molecular weight is 241 g/mol. The van der Waals surface area contributed by atoms with E-state index in [0.29, 0.717) is 12.4 Å². The summed E-state index contributed by atoms with van der Waals surface area (Å²) in [5, 5.41) is 20.0. The number of hydrogen-bond donors (Lipinski definition) is 3. The van der Waals surface area contributed by atoms with Gasteiger partial charge in [-0.2, -0.15) is 0 Å². The van der Waals surface area contributed by atoms with Crippen LogP contribution in [0.25, 0.3) is 0 Å². The first-order chi connectivity index (χ1) is 7.93. The number of rotatable bonds is 5. The number of hydrazine groups is 1. The summed E-state index contributed by atoms with van der Waals surface area (Å²) >= 11 is 0. The zero-order chi connectivity index (χ0) is 13.0. The van der Waals surface area contributed by atoms with E-state index in [4.69, 9.17) is 5.84 Å². The molecule has 0 radical (unpaired) electrons. The molecule has 1 rings (SSSR count). The van der Waals surface area contributed by atoms with E-state index < -0.39 is 11.0 Å². The number of nitrogen functional groups attached to an aromatic ring is 1. The number of likely N-dealkylation sites (N-methyl/N-ethyl adjacent to an activating group) is 1. The maximum Gasteiger partial charge on any atom is 0.276 e. The predicted octanol–water partition coefficient (Wildman–Crippen LogP) is 0.0924. The van der Waals surface area contributed by atoms with Gasteiger partial charge in [0.05, 0.1) is 23.2 Å². The van der Waals surface area contributed by atoms with Gasteiger partial charge >= 0.3 is 0 Å². The van der Waals surface area contributed by atoms with Gasteiger partial charge in [0.15, 0.2) is 0 Å². The fraction of sp³-hybridized carbons (Fsp3) is 0.444. The minimum Gasteiger partial charge on any atom is -0.392 e. The van der Waals surface area contributed by atoms with Gasteiger partial charge in [-0.3, -0.25) is 10.1 Å². The minimum absolute atomic E-state index is 0.111.